The Morgan fingerprint density at radius 1 is 1.36 bits per heavy atom. The number of para-hydroxylation sites is 2. The van der Waals surface area contributed by atoms with Crippen LogP contribution in [0.5, 0.6) is 11.5 Å². The van der Waals surface area contributed by atoms with Crippen LogP contribution < -0.4 is 14.9 Å². The maximum Gasteiger partial charge on any atom is 0.310 e. The minimum atomic E-state index is -0.989. The molecule has 2 aromatic carbocycles. The molecular formula is C19H18BrN3O5. The number of ether oxygens (including phenoxy) is 2. The lowest BCUT2D eigenvalue weighted by Crippen LogP contribution is -2.33. The summed E-state index contributed by atoms with van der Waals surface area (Å²) < 4.78 is 11.7. The lowest BCUT2D eigenvalue weighted by atomic mass is 10.2. The Morgan fingerprint density at radius 3 is 2.82 bits per heavy atom. The molecule has 8 nitrogen and oxygen atoms in total. The van der Waals surface area contributed by atoms with Gasteiger partial charge in [0.1, 0.15) is 12.4 Å². The van der Waals surface area contributed by atoms with Crippen LogP contribution >= 0.6 is 15.9 Å². The summed E-state index contributed by atoms with van der Waals surface area (Å²) in [5, 5.41) is 14.9. The van der Waals surface area contributed by atoms with E-state index >= 15 is 0 Å². The molecule has 146 valence electrons. The lowest BCUT2D eigenvalue weighted by Gasteiger charge is -2.13. The number of nitro benzene ring substituents is 1. The van der Waals surface area contributed by atoms with Gasteiger partial charge in [-0.2, -0.15) is 5.10 Å². The molecule has 1 atom stereocenters. The summed E-state index contributed by atoms with van der Waals surface area (Å²) in [7, 11) is 0. The zero-order valence-corrected chi connectivity index (χ0v) is 16.6. The minimum absolute atomic E-state index is 0.00577. The third-order valence-electron chi connectivity index (χ3n) is 3.44. The molecule has 1 N–H and O–H groups in total. The third kappa shape index (κ3) is 5.92. The van der Waals surface area contributed by atoms with Gasteiger partial charge >= 0.3 is 5.69 Å². The van der Waals surface area contributed by atoms with Crippen molar-refractivity contribution in [1.82, 2.24) is 5.43 Å². The Morgan fingerprint density at radius 2 is 2.11 bits per heavy atom. The lowest BCUT2D eigenvalue weighted by molar-refractivity contribution is -0.386. The minimum Gasteiger partial charge on any atom is -0.489 e. The second-order valence-electron chi connectivity index (χ2n) is 5.50. The van der Waals surface area contributed by atoms with Crippen LogP contribution in [0.2, 0.25) is 0 Å². The average molecular weight is 448 g/mol. The fraction of sp³-hybridized carbons (Fsp3) is 0.158. The Hall–Kier alpha value is -3.20. The van der Waals surface area contributed by atoms with Crippen molar-refractivity contribution in [1.29, 1.82) is 0 Å². The van der Waals surface area contributed by atoms with E-state index in [2.05, 4.69) is 33.0 Å². The number of rotatable bonds is 9. The molecule has 0 saturated carbocycles. The van der Waals surface area contributed by atoms with Crippen LogP contribution in [0.25, 0.3) is 0 Å². The standard InChI is InChI=1S/C19H18BrN3O5/c1-3-10-27-17-9-8-15(20)11-14(17)12-21-22-19(24)13(2)28-18-7-5-4-6-16(18)23(25)26/h3-9,11-13H,1,10H2,2H3,(H,22,24)/b21-12-/t13-/m1/s1. The number of nitrogens with one attached hydrogen (secondary N) is 1. The first kappa shape index (κ1) is 21.1. The van der Waals surface area contributed by atoms with E-state index in [1.165, 1.54) is 31.3 Å². The highest BCUT2D eigenvalue weighted by Gasteiger charge is 2.20. The number of nitrogens with zero attached hydrogens (tertiary/aromatic N) is 2. The molecule has 0 aliphatic rings. The predicted octanol–water partition coefficient (Wildman–Crippen LogP) is 3.84. The number of hydrogen-bond acceptors (Lipinski definition) is 6. The van der Waals surface area contributed by atoms with Gasteiger partial charge in [-0.15, -0.1) is 0 Å². The first-order valence-corrected chi connectivity index (χ1v) is 8.98. The highest BCUT2D eigenvalue weighted by atomic mass is 79.9. The molecule has 0 aliphatic carbocycles. The van der Waals surface area contributed by atoms with E-state index < -0.39 is 16.9 Å². The molecule has 0 unspecified atom stereocenters. The number of carbonyl (C=O) groups excluding carboxylic acids is 1. The normalized spacial score (nSPS) is 11.6. The summed E-state index contributed by atoms with van der Waals surface area (Å²) in [6, 6.07) is 11.2. The van der Waals surface area contributed by atoms with Crippen molar-refractivity contribution in [3.05, 3.63) is 75.3 Å². The second-order valence-corrected chi connectivity index (χ2v) is 6.42. The molecule has 28 heavy (non-hydrogen) atoms. The average Bonchev–Trinajstić information content (AvgIpc) is 2.67. The number of benzene rings is 2. The van der Waals surface area contributed by atoms with Crippen molar-refractivity contribution in [3.63, 3.8) is 0 Å². The molecule has 0 aromatic heterocycles. The van der Waals surface area contributed by atoms with Crippen molar-refractivity contribution in [3.8, 4) is 11.5 Å². The van der Waals surface area contributed by atoms with Gasteiger partial charge in [-0.05, 0) is 31.2 Å². The van der Waals surface area contributed by atoms with E-state index in [0.29, 0.717) is 17.9 Å². The van der Waals surface area contributed by atoms with Crippen LogP contribution in [0.3, 0.4) is 0 Å². The van der Waals surface area contributed by atoms with Crippen LogP contribution in [0, 0.1) is 10.1 Å². The first-order chi connectivity index (χ1) is 13.4. The first-order valence-electron chi connectivity index (χ1n) is 8.18. The van der Waals surface area contributed by atoms with Gasteiger partial charge in [-0.1, -0.05) is 40.7 Å². The van der Waals surface area contributed by atoms with Crippen LogP contribution in [0.1, 0.15) is 12.5 Å². The fourth-order valence-corrected chi connectivity index (χ4v) is 2.49. The van der Waals surface area contributed by atoms with Gasteiger partial charge in [0.15, 0.2) is 11.9 Å². The smallest absolute Gasteiger partial charge is 0.310 e. The Labute approximate surface area is 170 Å². The highest BCUT2D eigenvalue weighted by molar-refractivity contribution is 9.10. The molecule has 2 rings (SSSR count). The number of hydrazone groups is 1. The van der Waals surface area contributed by atoms with Crippen molar-refractivity contribution >= 4 is 33.7 Å². The number of halogens is 1. The van der Waals surface area contributed by atoms with Gasteiger partial charge in [0.25, 0.3) is 5.91 Å². The summed E-state index contributed by atoms with van der Waals surface area (Å²) in [5.41, 5.74) is 2.77. The summed E-state index contributed by atoms with van der Waals surface area (Å²) in [5.74, 6) is 0.0227. The molecule has 0 spiro atoms. The van der Waals surface area contributed by atoms with Crippen LogP contribution in [-0.4, -0.2) is 29.8 Å². The fourth-order valence-electron chi connectivity index (χ4n) is 2.11. The summed E-state index contributed by atoms with van der Waals surface area (Å²) >= 11 is 3.36. The second kappa shape index (κ2) is 10.2. The summed E-state index contributed by atoms with van der Waals surface area (Å²) in [4.78, 5) is 22.6. The molecule has 0 saturated heterocycles. The van der Waals surface area contributed by atoms with Gasteiger partial charge in [0, 0.05) is 16.1 Å². The van der Waals surface area contributed by atoms with Gasteiger partial charge in [0.05, 0.1) is 11.1 Å². The molecule has 1 amide bonds. The molecule has 9 heteroatoms. The Kier molecular flexibility index (Phi) is 7.70. The molecule has 2 aromatic rings. The number of hydrogen-bond donors (Lipinski definition) is 1. The van der Waals surface area contributed by atoms with Crippen molar-refractivity contribution in [2.75, 3.05) is 6.61 Å². The maximum atomic E-state index is 12.2. The van der Waals surface area contributed by atoms with Crippen molar-refractivity contribution < 1.29 is 19.2 Å². The zero-order valence-electron chi connectivity index (χ0n) is 15.0. The van der Waals surface area contributed by atoms with Crippen LogP contribution in [0.15, 0.2) is 64.7 Å². The van der Waals surface area contributed by atoms with Gasteiger partial charge in [-0.3, -0.25) is 14.9 Å². The number of carbonyl (C=O) groups is 1. The molecule has 0 heterocycles. The highest BCUT2D eigenvalue weighted by Crippen LogP contribution is 2.26. The molecule has 0 radical (unpaired) electrons. The van der Waals surface area contributed by atoms with E-state index in [9.17, 15) is 14.9 Å². The number of amides is 1. The van der Waals surface area contributed by atoms with E-state index in [4.69, 9.17) is 9.47 Å². The van der Waals surface area contributed by atoms with E-state index in [0.717, 1.165) is 4.47 Å². The quantitative estimate of drug-likeness (QED) is 0.272. The molecule has 0 fully saturated rings. The largest absolute Gasteiger partial charge is 0.489 e. The monoisotopic (exact) mass is 447 g/mol. The maximum absolute atomic E-state index is 12.2. The van der Waals surface area contributed by atoms with Gasteiger partial charge in [-0.25, -0.2) is 5.43 Å². The van der Waals surface area contributed by atoms with Gasteiger partial charge in [0.2, 0.25) is 0 Å². The van der Waals surface area contributed by atoms with Crippen molar-refractivity contribution in [2.45, 2.75) is 13.0 Å². The topological polar surface area (TPSA) is 103 Å². The number of nitro groups is 1. The third-order valence-corrected chi connectivity index (χ3v) is 3.94. The Balaban J connectivity index is 2.03. The van der Waals surface area contributed by atoms with E-state index in [1.807, 2.05) is 6.07 Å². The molecule has 0 bridgehead atoms. The van der Waals surface area contributed by atoms with Gasteiger partial charge < -0.3 is 9.47 Å². The van der Waals surface area contributed by atoms with Crippen LogP contribution in [-0.2, 0) is 4.79 Å². The summed E-state index contributed by atoms with van der Waals surface area (Å²) in [6.45, 7) is 5.40. The van der Waals surface area contributed by atoms with Crippen LogP contribution in [0.4, 0.5) is 5.69 Å². The molecule has 0 aliphatic heterocycles. The molecular weight excluding hydrogens is 430 g/mol. The predicted molar refractivity (Wildman–Crippen MR) is 109 cm³/mol. The van der Waals surface area contributed by atoms with E-state index in [-0.39, 0.29) is 11.4 Å². The Bertz CT molecular complexity index is 901. The SMILES string of the molecule is C=CCOc1ccc(Br)cc1/C=N\NC(=O)[C@@H](C)Oc1ccccc1[N+](=O)[O-]. The van der Waals surface area contributed by atoms with E-state index in [1.54, 1.807) is 24.3 Å². The zero-order chi connectivity index (χ0) is 20.5. The van der Waals surface area contributed by atoms with Crippen molar-refractivity contribution in [2.24, 2.45) is 5.10 Å². The summed E-state index contributed by atoms with van der Waals surface area (Å²) in [6.07, 6.45) is 2.06.